The minimum atomic E-state index is -2.59. The van der Waals surface area contributed by atoms with E-state index in [9.17, 15) is 13.6 Å². The van der Waals surface area contributed by atoms with Crippen LogP contribution in [-0.2, 0) is 6.54 Å². The number of carbonyl (C=O) groups excluding carboxylic acids is 1. The van der Waals surface area contributed by atoms with E-state index in [2.05, 4.69) is 5.10 Å². The van der Waals surface area contributed by atoms with E-state index in [1.54, 1.807) is 6.07 Å². The van der Waals surface area contributed by atoms with Gasteiger partial charge in [-0.05, 0) is 12.8 Å². The van der Waals surface area contributed by atoms with Crippen molar-refractivity contribution in [2.45, 2.75) is 51.0 Å². The van der Waals surface area contributed by atoms with Crippen molar-refractivity contribution in [2.75, 3.05) is 0 Å². The first kappa shape index (κ1) is 14.4. The van der Waals surface area contributed by atoms with E-state index in [0.29, 0.717) is 5.69 Å². The zero-order chi connectivity index (χ0) is 14.7. The number of nitrogens with two attached hydrogens (primary N) is 1. The largest absolute Gasteiger partial charge is 0.365 e. The maximum Gasteiger partial charge on any atom is 0.257 e. The van der Waals surface area contributed by atoms with Gasteiger partial charge in [0.15, 0.2) is 5.69 Å². The third kappa shape index (κ3) is 2.79. The molecule has 1 saturated carbocycles. The molecule has 5 nitrogen and oxygen atoms in total. The number of carbonyl (C=O) groups is 1. The molecule has 1 amide bonds. The third-order valence-corrected chi connectivity index (χ3v) is 3.65. The van der Waals surface area contributed by atoms with Crippen LogP contribution in [0, 0.1) is 11.3 Å². The van der Waals surface area contributed by atoms with Crippen molar-refractivity contribution in [3.05, 3.63) is 17.0 Å². The van der Waals surface area contributed by atoms with Gasteiger partial charge in [0.1, 0.15) is 12.6 Å². The van der Waals surface area contributed by atoms with Gasteiger partial charge in [-0.3, -0.25) is 9.48 Å². The minimum Gasteiger partial charge on any atom is -0.365 e. The standard InChI is InChI=1S/C13H16F2N4O/c14-10(15)7-19-12(8-4-2-1-3-5-8)11(13(17)20)9(6-16)18-19/h8,10H,1-5,7H2,(H2,17,20). The number of primary amides is 1. The summed E-state index contributed by atoms with van der Waals surface area (Å²) in [5, 5.41) is 12.9. The van der Waals surface area contributed by atoms with Crippen LogP contribution in [0.3, 0.4) is 0 Å². The Labute approximate surface area is 115 Å². The van der Waals surface area contributed by atoms with Crippen molar-refractivity contribution in [1.29, 1.82) is 5.26 Å². The molecule has 1 aliphatic rings. The summed E-state index contributed by atoms with van der Waals surface area (Å²) >= 11 is 0. The summed E-state index contributed by atoms with van der Waals surface area (Å²) in [4.78, 5) is 11.6. The Morgan fingerprint density at radius 1 is 1.45 bits per heavy atom. The Morgan fingerprint density at radius 3 is 2.60 bits per heavy atom. The molecule has 7 heteroatoms. The number of hydrogen-bond donors (Lipinski definition) is 1. The van der Waals surface area contributed by atoms with Crippen molar-refractivity contribution < 1.29 is 13.6 Å². The van der Waals surface area contributed by atoms with Crippen LogP contribution in [0.2, 0.25) is 0 Å². The summed E-state index contributed by atoms with van der Waals surface area (Å²) in [6, 6.07) is 1.77. The number of amides is 1. The first-order valence-corrected chi connectivity index (χ1v) is 6.63. The lowest BCUT2D eigenvalue weighted by Gasteiger charge is -2.23. The molecule has 2 N–H and O–H groups in total. The molecule has 0 spiro atoms. The Hall–Kier alpha value is -1.97. The molecule has 0 unspecified atom stereocenters. The van der Waals surface area contributed by atoms with Crippen LogP contribution < -0.4 is 5.73 Å². The molecule has 1 aliphatic carbocycles. The number of nitriles is 1. The first-order valence-electron chi connectivity index (χ1n) is 6.63. The lowest BCUT2D eigenvalue weighted by molar-refractivity contribution is 0.0995. The molecule has 0 atom stereocenters. The summed E-state index contributed by atoms with van der Waals surface area (Å²) in [6.07, 6.45) is 2.07. The Balaban J connectivity index is 2.50. The predicted molar refractivity (Wildman–Crippen MR) is 67.3 cm³/mol. The first-order chi connectivity index (χ1) is 9.54. The SMILES string of the molecule is N#Cc1nn(CC(F)F)c(C2CCCCC2)c1C(N)=O. The molecule has 0 saturated heterocycles. The van der Waals surface area contributed by atoms with Gasteiger partial charge in [-0.2, -0.15) is 10.4 Å². The summed E-state index contributed by atoms with van der Waals surface area (Å²) in [5.41, 5.74) is 5.58. The fraction of sp³-hybridized carbons (Fsp3) is 0.615. The number of nitrogens with zero attached hydrogens (tertiary/aromatic N) is 3. The average Bonchev–Trinajstić information content (AvgIpc) is 2.77. The average molecular weight is 282 g/mol. The van der Waals surface area contributed by atoms with Crippen LogP contribution in [0.5, 0.6) is 0 Å². The molecule has 0 bridgehead atoms. The highest BCUT2D eigenvalue weighted by Gasteiger charge is 2.29. The molecule has 1 aromatic rings. The summed E-state index contributed by atoms with van der Waals surface area (Å²) in [5.74, 6) is -0.803. The zero-order valence-corrected chi connectivity index (χ0v) is 11.0. The monoisotopic (exact) mass is 282 g/mol. The topological polar surface area (TPSA) is 84.7 Å². The molecule has 108 valence electrons. The zero-order valence-electron chi connectivity index (χ0n) is 11.0. The van der Waals surface area contributed by atoms with Gasteiger partial charge >= 0.3 is 0 Å². The van der Waals surface area contributed by atoms with E-state index in [1.807, 2.05) is 0 Å². The van der Waals surface area contributed by atoms with Crippen LogP contribution >= 0.6 is 0 Å². The van der Waals surface area contributed by atoms with Crippen LogP contribution in [0.25, 0.3) is 0 Å². The minimum absolute atomic E-state index is 0.0139. The number of hydrogen-bond acceptors (Lipinski definition) is 3. The van der Waals surface area contributed by atoms with Crippen LogP contribution in [0.1, 0.15) is 59.8 Å². The van der Waals surface area contributed by atoms with E-state index >= 15 is 0 Å². The molecule has 1 heterocycles. The van der Waals surface area contributed by atoms with E-state index < -0.39 is 18.9 Å². The van der Waals surface area contributed by atoms with E-state index in [1.165, 1.54) is 0 Å². The molecular formula is C13H16F2N4O. The van der Waals surface area contributed by atoms with E-state index in [0.717, 1.165) is 36.8 Å². The quantitative estimate of drug-likeness (QED) is 0.918. The molecule has 1 aromatic heterocycles. The summed E-state index contributed by atoms with van der Waals surface area (Å²) < 4.78 is 26.4. The molecular weight excluding hydrogens is 266 g/mol. The van der Waals surface area contributed by atoms with Gasteiger partial charge in [-0.25, -0.2) is 8.78 Å². The van der Waals surface area contributed by atoms with Crippen LogP contribution in [0.15, 0.2) is 0 Å². The molecule has 20 heavy (non-hydrogen) atoms. The Bertz CT molecular complexity index is 541. The van der Waals surface area contributed by atoms with E-state index in [-0.39, 0.29) is 17.2 Å². The van der Waals surface area contributed by atoms with Crippen molar-refractivity contribution in [1.82, 2.24) is 9.78 Å². The molecule has 0 aliphatic heterocycles. The molecule has 0 aromatic carbocycles. The molecule has 0 radical (unpaired) electrons. The molecule has 2 rings (SSSR count). The van der Waals surface area contributed by atoms with Gasteiger partial charge in [0.2, 0.25) is 0 Å². The fourth-order valence-electron chi connectivity index (χ4n) is 2.86. The maximum atomic E-state index is 12.7. The van der Waals surface area contributed by atoms with Crippen molar-refractivity contribution in [2.24, 2.45) is 5.73 Å². The van der Waals surface area contributed by atoms with Gasteiger partial charge in [0.25, 0.3) is 12.3 Å². The number of alkyl halides is 2. The highest BCUT2D eigenvalue weighted by atomic mass is 19.3. The van der Waals surface area contributed by atoms with Gasteiger partial charge in [0.05, 0.1) is 11.3 Å². The van der Waals surface area contributed by atoms with Crippen molar-refractivity contribution in [3.8, 4) is 6.07 Å². The molecule has 1 fully saturated rings. The number of rotatable bonds is 4. The number of halogens is 2. The smallest absolute Gasteiger partial charge is 0.257 e. The highest BCUT2D eigenvalue weighted by molar-refractivity contribution is 5.96. The van der Waals surface area contributed by atoms with Crippen molar-refractivity contribution in [3.63, 3.8) is 0 Å². The predicted octanol–water partition coefficient (Wildman–Crippen LogP) is 2.17. The van der Waals surface area contributed by atoms with Crippen LogP contribution in [-0.4, -0.2) is 22.1 Å². The van der Waals surface area contributed by atoms with Gasteiger partial charge in [-0.1, -0.05) is 19.3 Å². The Morgan fingerprint density at radius 2 is 2.10 bits per heavy atom. The lowest BCUT2D eigenvalue weighted by Crippen LogP contribution is -2.20. The maximum absolute atomic E-state index is 12.7. The summed E-state index contributed by atoms with van der Waals surface area (Å²) in [7, 11) is 0. The second-order valence-corrected chi connectivity index (χ2v) is 4.99. The number of aromatic nitrogens is 2. The third-order valence-electron chi connectivity index (χ3n) is 3.65. The Kier molecular flexibility index (Phi) is 4.32. The normalized spacial score (nSPS) is 16.3. The van der Waals surface area contributed by atoms with Gasteiger partial charge in [0, 0.05) is 5.92 Å². The summed E-state index contributed by atoms with van der Waals surface area (Å²) in [6.45, 7) is -0.617. The second kappa shape index (κ2) is 5.99. The van der Waals surface area contributed by atoms with Crippen LogP contribution in [0.4, 0.5) is 8.78 Å². The fourth-order valence-corrected chi connectivity index (χ4v) is 2.86. The second-order valence-electron chi connectivity index (χ2n) is 4.99. The van der Waals surface area contributed by atoms with Crippen molar-refractivity contribution >= 4 is 5.91 Å². The van der Waals surface area contributed by atoms with Gasteiger partial charge in [-0.15, -0.1) is 0 Å². The lowest BCUT2D eigenvalue weighted by atomic mass is 9.85. The van der Waals surface area contributed by atoms with Gasteiger partial charge < -0.3 is 5.73 Å². The van der Waals surface area contributed by atoms with E-state index in [4.69, 9.17) is 11.0 Å². The highest BCUT2D eigenvalue weighted by Crippen LogP contribution is 2.35.